The maximum Gasteiger partial charge on any atom is 0.287 e. The van der Waals surface area contributed by atoms with E-state index in [4.69, 9.17) is 9.15 Å². The van der Waals surface area contributed by atoms with E-state index in [0.717, 1.165) is 40.5 Å². The average Bonchev–Trinajstić information content (AvgIpc) is 3.06. The van der Waals surface area contributed by atoms with Gasteiger partial charge in [-0.1, -0.05) is 30.3 Å². The number of hydrogen-bond donors (Lipinski definition) is 1. The number of hydrogen-bond acceptors (Lipinski definition) is 3. The summed E-state index contributed by atoms with van der Waals surface area (Å²) in [6.07, 6.45) is 1.55. The Bertz CT molecular complexity index is 1000. The number of amides is 1. The summed E-state index contributed by atoms with van der Waals surface area (Å²) in [5.74, 6) is -0.130. The van der Waals surface area contributed by atoms with Crippen LogP contribution in [0, 0.1) is 19.7 Å². The number of benzene rings is 2. The van der Waals surface area contributed by atoms with Crippen LogP contribution in [-0.2, 0) is 10.2 Å². The lowest BCUT2D eigenvalue weighted by Crippen LogP contribution is -2.44. The van der Waals surface area contributed by atoms with Crippen LogP contribution >= 0.6 is 0 Å². The average molecular weight is 381 g/mol. The SMILES string of the molecule is Cc1c(C(=O)NCC2(c3ccc(F)cc3)CCOCC2)oc2c(C)cccc12. The number of carbonyl (C=O) groups excluding carboxylic acids is 1. The molecule has 28 heavy (non-hydrogen) atoms. The van der Waals surface area contributed by atoms with Gasteiger partial charge in [0.25, 0.3) is 5.91 Å². The van der Waals surface area contributed by atoms with Gasteiger partial charge in [0.1, 0.15) is 11.4 Å². The molecular weight excluding hydrogens is 357 g/mol. The molecule has 0 atom stereocenters. The van der Waals surface area contributed by atoms with Gasteiger partial charge in [0.2, 0.25) is 0 Å². The van der Waals surface area contributed by atoms with Crippen molar-refractivity contribution in [2.75, 3.05) is 19.8 Å². The fourth-order valence-corrected chi connectivity index (χ4v) is 4.06. The second kappa shape index (κ2) is 7.40. The highest BCUT2D eigenvalue weighted by Gasteiger charge is 2.35. The Morgan fingerprint density at radius 3 is 2.50 bits per heavy atom. The Kier molecular flexibility index (Phi) is 4.94. The molecule has 5 heteroatoms. The normalized spacial score (nSPS) is 16.2. The summed E-state index contributed by atoms with van der Waals surface area (Å²) >= 11 is 0. The molecule has 3 aromatic rings. The van der Waals surface area contributed by atoms with E-state index in [-0.39, 0.29) is 17.1 Å². The Morgan fingerprint density at radius 1 is 1.11 bits per heavy atom. The molecule has 0 spiro atoms. The Balaban J connectivity index is 1.59. The minimum absolute atomic E-state index is 0.221. The van der Waals surface area contributed by atoms with Crippen LogP contribution in [-0.4, -0.2) is 25.7 Å². The van der Waals surface area contributed by atoms with Gasteiger partial charge in [-0.25, -0.2) is 4.39 Å². The number of aryl methyl sites for hydroxylation is 2. The molecule has 4 nitrogen and oxygen atoms in total. The Labute approximate surface area is 163 Å². The quantitative estimate of drug-likeness (QED) is 0.715. The third-order valence-electron chi connectivity index (χ3n) is 5.86. The molecule has 0 aliphatic carbocycles. The van der Waals surface area contributed by atoms with Crippen molar-refractivity contribution in [3.05, 3.63) is 70.7 Å². The summed E-state index contributed by atoms with van der Waals surface area (Å²) in [7, 11) is 0. The van der Waals surface area contributed by atoms with Gasteiger partial charge in [-0.3, -0.25) is 4.79 Å². The van der Waals surface area contributed by atoms with Crippen molar-refractivity contribution >= 4 is 16.9 Å². The first-order valence-corrected chi connectivity index (χ1v) is 9.61. The van der Waals surface area contributed by atoms with E-state index in [0.29, 0.717) is 25.5 Å². The molecule has 1 saturated heterocycles. The van der Waals surface area contributed by atoms with Crippen molar-refractivity contribution in [3.63, 3.8) is 0 Å². The van der Waals surface area contributed by atoms with Crippen LogP contribution < -0.4 is 5.32 Å². The van der Waals surface area contributed by atoms with Gasteiger partial charge in [-0.05, 0) is 49.9 Å². The van der Waals surface area contributed by atoms with E-state index in [9.17, 15) is 9.18 Å². The minimum atomic E-state index is -0.266. The molecule has 146 valence electrons. The van der Waals surface area contributed by atoms with E-state index in [1.807, 2.05) is 44.2 Å². The molecule has 1 aliphatic rings. The third-order valence-corrected chi connectivity index (χ3v) is 5.86. The van der Waals surface area contributed by atoms with E-state index in [1.54, 1.807) is 0 Å². The van der Waals surface area contributed by atoms with Crippen molar-refractivity contribution in [1.29, 1.82) is 0 Å². The first-order valence-electron chi connectivity index (χ1n) is 9.61. The number of para-hydroxylation sites is 1. The smallest absolute Gasteiger partial charge is 0.287 e. The van der Waals surface area contributed by atoms with E-state index in [1.165, 1.54) is 12.1 Å². The molecule has 1 aromatic heterocycles. The van der Waals surface area contributed by atoms with Gasteiger partial charge >= 0.3 is 0 Å². The predicted molar refractivity (Wildman–Crippen MR) is 106 cm³/mol. The molecule has 1 fully saturated rings. The van der Waals surface area contributed by atoms with Gasteiger partial charge in [0.15, 0.2) is 5.76 Å². The van der Waals surface area contributed by atoms with Crippen LogP contribution in [0.3, 0.4) is 0 Å². The number of furan rings is 1. The zero-order valence-electron chi connectivity index (χ0n) is 16.2. The maximum absolute atomic E-state index is 13.4. The van der Waals surface area contributed by atoms with Crippen LogP contribution in [0.4, 0.5) is 4.39 Å². The molecule has 1 N–H and O–H groups in total. The zero-order valence-corrected chi connectivity index (χ0v) is 16.2. The Morgan fingerprint density at radius 2 is 1.82 bits per heavy atom. The fourth-order valence-electron chi connectivity index (χ4n) is 4.06. The fraction of sp³-hybridized carbons (Fsp3) is 0.348. The van der Waals surface area contributed by atoms with Gasteiger partial charge < -0.3 is 14.5 Å². The van der Waals surface area contributed by atoms with Crippen LogP contribution in [0.1, 0.15) is 40.1 Å². The topological polar surface area (TPSA) is 51.5 Å². The highest BCUT2D eigenvalue weighted by molar-refractivity contribution is 5.99. The largest absolute Gasteiger partial charge is 0.450 e. The summed E-state index contributed by atoms with van der Waals surface area (Å²) in [5, 5.41) is 4.02. The first-order chi connectivity index (χ1) is 13.5. The number of fused-ring (bicyclic) bond motifs is 1. The summed E-state index contributed by atoms with van der Waals surface area (Å²) in [6, 6.07) is 12.5. The second-order valence-corrected chi connectivity index (χ2v) is 7.59. The maximum atomic E-state index is 13.4. The molecule has 4 rings (SSSR count). The molecule has 1 amide bonds. The lowest BCUT2D eigenvalue weighted by molar-refractivity contribution is 0.0484. The van der Waals surface area contributed by atoms with E-state index in [2.05, 4.69) is 5.32 Å². The van der Waals surface area contributed by atoms with E-state index >= 15 is 0 Å². The number of ether oxygens (including phenoxy) is 1. The van der Waals surface area contributed by atoms with E-state index < -0.39 is 0 Å². The van der Waals surface area contributed by atoms with Gasteiger partial charge in [0, 0.05) is 36.1 Å². The van der Waals surface area contributed by atoms with Gasteiger partial charge in [0.05, 0.1) is 0 Å². The van der Waals surface area contributed by atoms with Gasteiger partial charge in [-0.15, -0.1) is 0 Å². The van der Waals surface area contributed by atoms with Crippen LogP contribution in [0.25, 0.3) is 11.0 Å². The monoisotopic (exact) mass is 381 g/mol. The highest BCUT2D eigenvalue weighted by Crippen LogP contribution is 2.35. The number of nitrogens with one attached hydrogen (secondary N) is 1. The Hall–Kier alpha value is -2.66. The van der Waals surface area contributed by atoms with Crippen molar-refractivity contribution < 1.29 is 18.3 Å². The first kappa shape index (κ1) is 18.7. The second-order valence-electron chi connectivity index (χ2n) is 7.59. The number of halogens is 1. The van der Waals surface area contributed by atoms with Crippen LogP contribution in [0.15, 0.2) is 46.9 Å². The summed E-state index contributed by atoms with van der Waals surface area (Å²) < 4.78 is 24.8. The molecule has 0 bridgehead atoms. The summed E-state index contributed by atoms with van der Waals surface area (Å²) in [4.78, 5) is 12.9. The minimum Gasteiger partial charge on any atom is -0.450 e. The predicted octanol–water partition coefficient (Wildman–Crippen LogP) is 4.67. The van der Waals surface area contributed by atoms with Gasteiger partial charge in [-0.2, -0.15) is 0 Å². The molecule has 2 aromatic carbocycles. The lowest BCUT2D eigenvalue weighted by Gasteiger charge is -2.37. The number of rotatable bonds is 4. The third kappa shape index (κ3) is 3.31. The molecule has 1 aliphatic heterocycles. The highest BCUT2D eigenvalue weighted by atomic mass is 19.1. The molecule has 0 unspecified atom stereocenters. The van der Waals surface area contributed by atoms with Crippen molar-refractivity contribution in [2.45, 2.75) is 32.1 Å². The molecule has 0 saturated carbocycles. The van der Waals surface area contributed by atoms with Crippen LogP contribution in [0.2, 0.25) is 0 Å². The lowest BCUT2D eigenvalue weighted by atomic mass is 9.74. The zero-order chi connectivity index (χ0) is 19.7. The number of carbonyl (C=O) groups is 1. The van der Waals surface area contributed by atoms with Crippen LogP contribution in [0.5, 0.6) is 0 Å². The van der Waals surface area contributed by atoms with Crippen molar-refractivity contribution in [1.82, 2.24) is 5.32 Å². The summed E-state index contributed by atoms with van der Waals surface area (Å²) in [6.45, 7) is 5.57. The van der Waals surface area contributed by atoms with Crippen molar-refractivity contribution in [2.24, 2.45) is 0 Å². The standard InChI is InChI=1S/C23H24FNO3/c1-15-4-3-5-19-16(2)21(28-20(15)19)22(26)25-14-23(10-12-27-13-11-23)17-6-8-18(24)9-7-17/h3-9H,10-14H2,1-2H3,(H,25,26). The molecule has 2 heterocycles. The summed E-state index contributed by atoms with van der Waals surface area (Å²) in [5.41, 5.74) is 3.36. The molecular formula is C23H24FNO3. The van der Waals surface area contributed by atoms with Crippen molar-refractivity contribution in [3.8, 4) is 0 Å². The molecule has 0 radical (unpaired) electrons.